The molecule has 1 aromatic carbocycles. The van der Waals surface area contributed by atoms with Crippen molar-refractivity contribution in [2.24, 2.45) is 5.92 Å². The van der Waals surface area contributed by atoms with Gasteiger partial charge in [0.2, 0.25) is 5.91 Å². The van der Waals surface area contributed by atoms with Crippen LogP contribution in [0.25, 0.3) is 0 Å². The van der Waals surface area contributed by atoms with Crippen LogP contribution in [0, 0.1) is 11.7 Å². The predicted molar refractivity (Wildman–Crippen MR) is 92.2 cm³/mol. The highest BCUT2D eigenvalue weighted by molar-refractivity contribution is 5.94. The van der Waals surface area contributed by atoms with Gasteiger partial charge in [-0.25, -0.2) is 4.39 Å². The van der Waals surface area contributed by atoms with Crippen LogP contribution in [0.2, 0.25) is 0 Å². The van der Waals surface area contributed by atoms with Crippen LogP contribution in [-0.2, 0) is 4.79 Å². The molecule has 1 aliphatic heterocycles. The van der Waals surface area contributed by atoms with E-state index in [2.05, 4.69) is 6.92 Å². The minimum absolute atomic E-state index is 0.00151. The van der Waals surface area contributed by atoms with Crippen LogP contribution in [0.5, 0.6) is 0 Å². The average molecular weight is 334 g/mol. The van der Waals surface area contributed by atoms with Crippen molar-refractivity contribution in [2.75, 3.05) is 26.2 Å². The number of hydrogen-bond donors (Lipinski definition) is 0. The summed E-state index contributed by atoms with van der Waals surface area (Å²) in [4.78, 5) is 28.7. The van der Waals surface area contributed by atoms with Crippen LogP contribution in [-0.4, -0.2) is 47.8 Å². The molecule has 1 aromatic rings. The molecule has 1 heterocycles. The van der Waals surface area contributed by atoms with Gasteiger partial charge in [0.1, 0.15) is 5.82 Å². The molecule has 0 radical (unpaired) electrons. The summed E-state index contributed by atoms with van der Waals surface area (Å²) >= 11 is 0. The fraction of sp³-hybridized carbons (Fsp3) is 0.579. The molecule has 1 aliphatic rings. The Morgan fingerprint density at radius 3 is 2.54 bits per heavy atom. The lowest BCUT2D eigenvalue weighted by Gasteiger charge is -2.34. The van der Waals surface area contributed by atoms with E-state index in [0.29, 0.717) is 31.5 Å². The maximum atomic E-state index is 13.3. The fourth-order valence-corrected chi connectivity index (χ4v) is 3.16. The molecule has 1 fully saturated rings. The Morgan fingerprint density at radius 1 is 1.25 bits per heavy atom. The summed E-state index contributed by atoms with van der Waals surface area (Å²) in [6.45, 7) is 6.79. The molecule has 5 heteroatoms. The van der Waals surface area contributed by atoms with E-state index in [1.807, 2.05) is 11.8 Å². The third kappa shape index (κ3) is 4.56. The highest BCUT2D eigenvalue weighted by atomic mass is 19.1. The Bertz CT molecular complexity index is 568. The summed E-state index contributed by atoms with van der Waals surface area (Å²) < 4.78 is 13.3. The maximum Gasteiger partial charge on any atom is 0.253 e. The van der Waals surface area contributed by atoms with E-state index in [0.717, 1.165) is 25.9 Å². The summed E-state index contributed by atoms with van der Waals surface area (Å²) in [5.41, 5.74) is 0.373. The van der Waals surface area contributed by atoms with Crippen molar-refractivity contribution < 1.29 is 14.0 Å². The van der Waals surface area contributed by atoms with Crippen molar-refractivity contribution >= 4 is 11.8 Å². The van der Waals surface area contributed by atoms with Crippen LogP contribution >= 0.6 is 0 Å². The molecular formula is C19H27FN2O2. The second-order valence-corrected chi connectivity index (χ2v) is 6.35. The van der Waals surface area contributed by atoms with Crippen LogP contribution in [0.1, 0.15) is 49.9 Å². The second-order valence-electron chi connectivity index (χ2n) is 6.35. The average Bonchev–Trinajstić information content (AvgIpc) is 2.61. The number of benzene rings is 1. The highest BCUT2D eigenvalue weighted by Crippen LogP contribution is 2.21. The highest BCUT2D eigenvalue weighted by Gasteiger charge is 2.30. The number of nitrogens with zero attached hydrogens (tertiary/aromatic N) is 2. The zero-order valence-corrected chi connectivity index (χ0v) is 14.6. The van der Waals surface area contributed by atoms with Crippen LogP contribution in [0.3, 0.4) is 0 Å². The molecular weight excluding hydrogens is 307 g/mol. The van der Waals surface area contributed by atoms with E-state index in [-0.39, 0.29) is 17.7 Å². The summed E-state index contributed by atoms with van der Waals surface area (Å²) in [5.74, 6) is -0.346. The van der Waals surface area contributed by atoms with E-state index in [9.17, 15) is 14.0 Å². The number of likely N-dealkylation sites (tertiary alicyclic amines) is 1. The minimum atomic E-state index is -0.402. The maximum absolute atomic E-state index is 13.3. The summed E-state index contributed by atoms with van der Waals surface area (Å²) in [6, 6.07) is 5.78. The number of piperidine rings is 1. The molecule has 4 nitrogen and oxygen atoms in total. The molecule has 2 rings (SSSR count). The largest absolute Gasteiger partial charge is 0.343 e. The zero-order valence-electron chi connectivity index (χ0n) is 14.6. The summed E-state index contributed by atoms with van der Waals surface area (Å²) in [5, 5.41) is 0. The molecule has 0 spiro atoms. The predicted octanol–water partition coefficient (Wildman–Crippen LogP) is 3.33. The van der Waals surface area contributed by atoms with Crippen molar-refractivity contribution in [1.82, 2.24) is 9.80 Å². The van der Waals surface area contributed by atoms with Gasteiger partial charge in [-0.15, -0.1) is 0 Å². The Balaban J connectivity index is 1.90. The molecule has 0 bridgehead atoms. The molecule has 0 atom stereocenters. The van der Waals surface area contributed by atoms with Crippen molar-refractivity contribution in [3.63, 3.8) is 0 Å². The monoisotopic (exact) mass is 334 g/mol. The lowest BCUT2D eigenvalue weighted by atomic mass is 9.94. The van der Waals surface area contributed by atoms with Gasteiger partial charge in [-0.1, -0.05) is 19.4 Å². The first-order chi connectivity index (χ1) is 11.6. The lowest BCUT2D eigenvalue weighted by molar-refractivity contribution is -0.136. The zero-order chi connectivity index (χ0) is 17.5. The Labute approximate surface area is 143 Å². The topological polar surface area (TPSA) is 40.6 Å². The number of unbranched alkanes of at least 4 members (excludes halogenated alkanes) is 1. The van der Waals surface area contributed by atoms with Crippen molar-refractivity contribution in [1.29, 1.82) is 0 Å². The number of carbonyl (C=O) groups excluding carboxylic acids is 2. The first kappa shape index (κ1) is 18.4. The first-order valence-electron chi connectivity index (χ1n) is 8.90. The SMILES string of the molecule is CCCCN(CC)C(=O)C1CCN(C(=O)c2cccc(F)c2)CC1. The van der Waals surface area contributed by atoms with Crippen molar-refractivity contribution in [3.8, 4) is 0 Å². The molecule has 132 valence electrons. The van der Waals surface area contributed by atoms with Crippen molar-refractivity contribution in [2.45, 2.75) is 39.5 Å². The van der Waals surface area contributed by atoms with Gasteiger partial charge in [-0.3, -0.25) is 9.59 Å². The molecule has 0 N–H and O–H groups in total. The Morgan fingerprint density at radius 2 is 1.96 bits per heavy atom. The van der Waals surface area contributed by atoms with E-state index in [1.54, 1.807) is 17.0 Å². The standard InChI is InChI=1S/C19H27FN2O2/c1-3-5-11-21(4-2)18(23)15-9-12-22(13-10-15)19(24)16-7-6-8-17(20)14-16/h6-8,14-15H,3-5,9-13H2,1-2H3. The molecule has 0 aromatic heterocycles. The van der Waals surface area contributed by atoms with Crippen molar-refractivity contribution in [3.05, 3.63) is 35.6 Å². The van der Waals surface area contributed by atoms with Gasteiger partial charge in [0.25, 0.3) is 5.91 Å². The number of carbonyl (C=O) groups is 2. The quantitative estimate of drug-likeness (QED) is 0.801. The number of hydrogen-bond acceptors (Lipinski definition) is 2. The van der Waals surface area contributed by atoms with E-state index in [1.165, 1.54) is 12.1 Å². The van der Waals surface area contributed by atoms with Crippen LogP contribution in [0.4, 0.5) is 4.39 Å². The van der Waals surface area contributed by atoms with E-state index < -0.39 is 5.82 Å². The molecule has 2 amide bonds. The second kappa shape index (κ2) is 8.81. The van der Waals surface area contributed by atoms with E-state index in [4.69, 9.17) is 0 Å². The lowest BCUT2D eigenvalue weighted by Crippen LogP contribution is -2.44. The Kier molecular flexibility index (Phi) is 6.76. The van der Waals surface area contributed by atoms with Gasteiger partial charge in [0, 0.05) is 37.7 Å². The third-order valence-corrected chi connectivity index (χ3v) is 4.68. The van der Waals surface area contributed by atoms with Gasteiger partial charge in [0.15, 0.2) is 0 Å². The number of amides is 2. The molecule has 24 heavy (non-hydrogen) atoms. The van der Waals surface area contributed by atoms with E-state index >= 15 is 0 Å². The molecule has 0 saturated carbocycles. The first-order valence-corrected chi connectivity index (χ1v) is 8.90. The van der Waals surface area contributed by atoms with Crippen LogP contribution < -0.4 is 0 Å². The smallest absolute Gasteiger partial charge is 0.253 e. The van der Waals surface area contributed by atoms with Gasteiger partial charge < -0.3 is 9.80 Å². The molecule has 0 aliphatic carbocycles. The summed E-state index contributed by atoms with van der Waals surface area (Å²) in [6.07, 6.45) is 3.46. The molecule has 0 unspecified atom stereocenters. The normalized spacial score (nSPS) is 15.4. The molecule has 1 saturated heterocycles. The van der Waals surface area contributed by atoms with Gasteiger partial charge >= 0.3 is 0 Å². The van der Waals surface area contributed by atoms with Gasteiger partial charge in [0.05, 0.1) is 0 Å². The number of rotatable bonds is 6. The number of halogens is 1. The summed E-state index contributed by atoms with van der Waals surface area (Å²) in [7, 11) is 0. The van der Waals surface area contributed by atoms with Crippen LogP contribution in [0.15, 0.2) is 24.3 Å². The van der Waals surface area contributed by atoms with Gasteiger partial charge in [-0.2, -0.15) is 0 Å². The fourth-order valence-electron chi connectivity index (χ4n) is 3.16. The van der Waals surface area contributed by atoms with Gasteiger partial charge in [-0.05, 0) is 44.4 Å². The Hall–Kier alpha value is -1.91. The minimum Gasteiger partial charge on any atom is -0.343 e. The third-order valence-electron chi connectivity index (χ3n) is 4.68.